The lowest BCUT2D eigenvalue weighted by Gasteiger charge is -2.02. The molecule has 0 aliphatic rings. The SMILES string of the molecule is O=C(CSCc1cc(-c2ccc(Cl)cc2Cl)no1)NCc1cccs1. The maximum Gasteiger partial charge on any atom is 0.230 e. The molecule has 4 nitrogen and oxygen atoms in total. The minimum absolute atomic E-state index is 0.00103. The maximum atomic E-state index is 11.8. The second-order valence-corrected chi connectivity index (χ2v) is 8.01. The van der Waals surface area contributed by atoms with Crippen molar-refractivity contribution in [2.24, 2.45) is 0 Å². The normalized spacial score (nSPS) is 10.8. The molecule has 0 aliphatic carbocycles. The first-order valence-electron chi connectivity index (χ1n) is 7.39. The van der Waals surface area contributed by atoms with Gasteiger partial charge in [0.05, 0.1) is 23.1 Å². The van der Waals surface area contributed by atoms with Gasteiger partial charge in [0, 0.05) is 21.5 Å². The van der Waals surface area contributed by atoms with Crippen molar-refractivity contribution in [1.29, 1.82) is 0 Å². The number of thiophene rings is 1. The number of hydrogen-bond acceptors (Lipinski definition) is 5. The minimum atomic E-state index is -0.00103. The highest BCUT2D eigenvalue weighted by atomic mass is 35.5. The Kier molecular flexibility index (Phi) is 6.42. The molecule has 1 amide bonds. The Labute approximate surface area is 163 Å². The summed E-state index contributed by atoms with van der Waals surface area (Å²) in [6.45, 7) is 0.568. The Morgan fingerprint density at radius 2 is 2.16 bits per heavy atom. The Balaban J connectivity index is 1.47. The topological polar surface area (TPSA) is 55.1 Å². The Bertz CT molecular complexity index is 850. The molecule has 8 heteroatoms. The summed E-state index contributed by atoms with van der Waals surface area (Å²) >= 11 is 15.2. The maximum absolute atomic E-state index is 11.8. The average Bonchev–Trinajstić information content (AvgIpc) is 3.25. The molecule has 130 valence electrons. The van der Waals surface area contributed by atoms with Crippen molar-refractivity contribution in [2.45, 2.75) is 12.3 Å². The van der Waals surface area contributed by atoms with Gasteiger partial charge in [0.25, 0.3) is 0 Å². The van der Waals surface area contributed by atoms with Crippen LogP contribution in [0.3, 0.4) is 0 Å². The van der Waals surface area contributed by atoms with Crippen molar-refractivity contribution in [3.8, 4) is 11.3 Å². The predicted octanol–water partition coefficient (Wildman–Crippen LogP) is 5.26. The molecule has 0 unspecified atom stereocenters. The first-order valence-corrected chi connectivity index (χ1v) is 10.2. The standard InChI is InChI=1S/C17H14Cl2N2O2S2/c18-11-3-4-14(15(19)6-11)16-7-12(23-21-16)9-24-10-17(22)20-8-13-2-1-5-25-13/h1-7H,8-10H2,(H,20,22). The molecule has 1 aromatic carbocycles. The monoisotopic (exact) mass is 412 g/mol. The molecule has 25 heavy (non-hydrogen) atoms. The van der Waals surface area contributed by atoms with Crippen molar-refractivity contribution in [3.63, 3.8) is 0 Å². The summed E-state index contributed by atoms with van der Waals surface area (Å²) < 4.78 is 5.31. The van der Waals surface area contributed by atoms with Gasteiger partial charge in [0.1, 0.15) is 11.5 Å². The Hall–Kier alpha value is -1.47. The van der Waals surface area contributed by atoms with Crippen LogP contribution in [-0.2, 0) is 17.1 Å². The van der Waals surface area contributed by atoms with Gasteiger partial charge < -0.3 is 9.84 Å². The molecule has 0 saturated carbocycles. The van der Waals surface area contributed by atoms with E-state index in [-0.39, 0.29) is 5.91 Å². The second kappa shape index (κ2) is 8.76. The number of benzene rings is 1. The fraction of sp³-hybridized carbons (Fsp3) is 0.176. The minimum Gasteiger partial charge on any atom is -0.360 e. The summed E-state index contributed by atoms with van der Waals surface area (Å²) in [5.74, 6) is 1.62. The third kappa shape index (κ3) is 5.25. The largest absolute Gasteiger partial charge is 0.360 e. The molecular weight excluding hydrogens is 399 g/mol. The third-order valence-corrected chi connectivity index (χ3v) is 5.66. The number of halogens is 2. The van der Waals surface area contributed by atoms with Gasteiger partial charge in [-0.2, -0.15) is 0 Å². The van der Waals surface area contributed by atoms with Crippen LogP contribution >= 0.6 is 46.3 Å². The molecule has 0 aliphatic heterocycles. The van der Waals surface area contributed by atoms with E-state index in [0.717, 1.165) is 10.4 Å². The molecule has 0 spiro atoms. The van der Waals surface area contributed by atoms with Crippen molar-refractivity contribution in [1.82, 2.24) is 10.5 Å². The molecule has 3 aromatic rings. The molecule has 3 rings (SSSR count). The summed E-state index contributed by atoms with van der Waals surface area (Å²) in [4.78, 5) is 13.0. The summed E-state index contributed by atoms with van der Waals surface area (Å²) in [7, 11) is 0. The van der Waals surface area contributed by atoms with E-state index in [9.17, 15) is 4.79 Å². The average molecular weight is 413 g/mol. The predicted molar refractivity (Wildman–Crippen MR) is 104 cm³/mol. The van der Waals surface area contributed by atoms with Gasteiger partial charge in [-0.1, -0.05) is 34.4 Å². The van der Waals surface area contributed by atoms with Crippen molar-refractivity contribution >= 4 is 52.2 Å². The number of carbonyl (C=O) groups excluding carboxylic acids is 1. The number of aromatic nitrogens is 1. The van der Waals surface area contributed by atoms with Crippen LogP contribution in [0.1, 0.15) is 10.6 Å². The van der Waals surface area contributed by atoms with Crippen LogP contribution < -0.4 is 5.32 Å². The fourth-order valence-electron chi connectivity index (χ4n) is 2.10. The zero-order valence-corrected chi connectivity index (χ0v) is 16.1. The van der Waals surface area contributed by atoms with Gasteiger partial charge in [-0.05, 0) is 29.6 Å². The van der Waals surface area contributed by atoms with Gasteiger partial charge in [-0.25, -0.2) is 0 Å². The fourth-order valence-corrected chi connectivity index (χ4v) is 3.98. The molecule has 2 heterocycles. The first kappa shape index (κ1) is 18.3. The van der Waals surface area contributed by atoms with Crippen LogP contribution in [-0.4, -0.2) is 16.8 Å². The van der Waals surface area contributed by atoms with Crippen LogP contribution in [0.2, 0.25) is 10.0 Å². The van der Waals surface area contributed by atoms with Crippen molar-refractivity contribution < 1.29 is 9.32 Å². The Morgan fingerprint density at radius 1 is 1.28 bits per heavy atom. The van der Waals surface area contributed by atoms with Crippen LogP contribution in [0, 0.1) is 0 Å². The lowest BCUT2D eigenvalue weighted by atomic mass is 10.1. The van der Waals surface area contributed by atoms with Gasteiger partial charge in [0.15, 0.2) is 0 Å². The number of nitrogens with zero attached hydrogens (tertiary/aromatic N) is 1. The molecule has 0 radical (unpaired) electrons. The summed E-state index contributed by atoms with van der Waals surface area (Å²) in [6.07, 6.45) is 0. The van der Waals surface area contributed by atoms with E-state index in [4.69, 9.17) is 27.7 Å². The number of amides is 1. The molecule has 0 fully saturated rings. The molecular formula is C17H14Cl2N2O2S2. The van der Waals surface area contributed by atoms with Gasteiger partial charge >= 0.3 is 0 Å². The van der Waals surface area contributed by atoms with E-state index in [2.05, 4.69) is 10.5 Å². The molecule has 1 N–H and O–H groups in total. The number of thioether (sulfide) groups is 1. The van der Waals surface area contributed by atoms with Gasteiger partial charge in [-0.3, -0.25) is 4.79 Å². The summed E-state index contributed by atoms with van der Waals surface area (Å²) in [5, 5.41) is 10.0. The third-order valence-electron chi connectivity index (χ3n) is 3.28. The van der Waals surface area contributed by atoms with Gasteiger partial charge in [-0.15, -0.1) is 23.1 Å². The molecule has 2 aromatic heterocycles. The highest BCUT2D eigenvalue weighted by Gasteiger charge is 2.11. The molecule has 0 bridgehead atoms. The van der Waals surface area contributed by atoms with Crippen LogP contribution in [0.15, 0.2) is 46.3 Å². The smallest absolute Gasteiger partial charge is 0.230 e. The zero-order valence-electron chi connectivity index (χ0n) is 13.0. The number of hydrogen-bond donors (Lipinski definition) is 1. The number of rotatable bonds is 7. The van der Waals surface area contributed by atoms with Crippen LogP contribution in [0.25, 0.3) is 11.3 Å². The summed E-state index contributed by atoms with van der Waals surface area (Å²) in [6, 6.07) is 11.0. The summed E-state index contributed by atoms with van der Waals surface area (Å²) in [5.41, 5.74) is 1.42. The highest BCUT2D eigenvalue weighted by Crippen LogP contribution is 2.30. The number of carbonyl (C=O) groups is 1. The quantitative estimate of drug-likeness (QED) is 0.574. The van der Waals surface area contributed by atoms with Crippen LogP contribution in [0.4, 0.5) is 0 Å². The second-order valence-electron chi connectivity index (χ2n) is 5.15. The first-order chi connectivity index (χ1) is 12.1. The van der Waals surface area contributed by atoms with E-state index < -0.39 is 0 Å². The van der Waals surface area contributed by atoms with E-state index >= 15 is 0 Å². The van der Waals surface area contributed by atoms with E-state index in [0.29, 0.717) is 39.5 Å². The van der Waals surface area contributed by atoms with E-state index in [1.807, 2.05) is 23.6 Å². The highest BCUT2D eigenvalue weighted by molar-refractivity contribution is 7.99. The van der Waals surface area contributed by atoms with E-state index in [1.165, 1.54) is 11.8 Å². The van der Waals surface area contributed by atoms with Crippen molar-refractivity contribution in [3.05, 3.63) is 62.5 Å². The van der Waals surface area contributed by atoms with Crippen molar-refractivity contribution in [2.75, 3.05) is 5.75 Å². The lowest BCUT2D eigenvalue weighted by Crippen LogP contribution is -2.24. The lowest BCUT2D eigenvalue weighted by molar-refractivity contribution is -0.118. The Morgan fingerprint density at radius 3 is 2.92 bits per heavy atom. The van der Waals surface area contributed by atoms with Gasteiger partial charge in [0.2, 0.25) is 5.91 Å². The van der Waals surface area contributed by atoms with Crippen LogP contribution in [0.5, 0.6) is 0 Å². The number of nitrogens with one attached hydrogen (secondary N) is 1. The molecule has 0 saturated heterocycles. The molecule has 0 atom stereocenters. The zero-order chi connectivity index (χ0) is 17.6. The van der Waals surface area contributed by atoms with E-state index in [1.54, 1.807) is 29.5 Å².